The van der Waals surface area contributed by atoms with E-state index in [1.807, 2.05) is 0 Å². The van der Waals surface area contributed by atoms with Gasteiger partial charge in [-0.2, -0.15) is 13.2 Å². The van der Waals surface area contributed by atoms with E-state index < -0.39 is 35.1 Å². The van der Waals surface area contributed by atoms with Crippen molar-refractivity contribution in [3.63, 3.8) is 0 Å². The first-order chi connectivity index (χ1) is 19.3. The van der Waals surface area contributed by atoms with Crippen LogP contribution in [0.2, 0.25) is 5.02 Å². The summed E-state index contributed by atoms with van der Waals surface area (Å²) in [5.41, 5.74) is -0.313. The molecule has 3 amide bonds. The first-order valence-corrected chi connectivity index (χ1v) is 13.6. The lowest BCUT2D eigenvalue weighted by molar-refractivity contribution is -0.137. The topological polar surface area (TPSA) is 91.7 Å². The number of hydrogen-bond acceptors (Lipinski definition) is 4. The summed E-state index contributed by atoms with van der Waals surface area (Å²) < 4.78 is 41.8. The highest BCUT2D eigenvalue weighted by Crippen LogP contribution is 2.36. The lowest BCUT2D eigenvalue weighted by atomic mass is 9.94. The average Bonchev–Trinajstić information content (AvgIpc) is 3.22. The maximum Gasteiger partial charge on any atom is 0.417 e. The second kappa shape index (κ2) is 12.1. The fraction of sp³-hybridized carbons (Fsp3) is 0.286. The molecule has 0 radical (unpaired) electrons. The third-order valence-electron chi connectivity index (χ3n) is 6.66. The number of Topliss-reactive ketones (excluding diaryl/α,β-unsaturated/α-hetero) is 1. The van der Waals surface area contributed by atoms with Crippen LogP contribution in [0.25, 0.3) is 10.9 Å². The van der Waals surface area contributed by atoms with Crippen LogP contribution in [0.15, 0.2) is 59.7 Å². The van der Waals surface area contributed by atoms with E-state index in [9.17, 15) is 32.3 Å². The van der Waals surface area contributed by atoms with E-state index in [1.54, 1.807) is 33.9 Å². The molecule has 0 atom stereocenters. The molecule has 1 N–H and O–H groups in total. The van der Waals surface area contributed by atoms with Crippen LogP contribution in [0.5, 0.6) is 0 Å². The van der Waals surface area contributed by atoms with Crippen LogP contribution >= 0.6 is 27.5 Å². The monoisotopic (exact) mass is 652 g/mol. The van der Waals surface area contributed by atoms with Gasteiger partial charge in [0, 0.05) is 59.7 Å². The summed E-state index contributed by atoms with van der Waals surface area (Å²) in [4.78, 5) is 53.2. The SMILES string of the molecule is C=CC(=O)N1CC(CC(=O)Cn2cc(C(=O)N(C)CC(=O)Nc3ccc(Cl)c(C(F)(F)F)c3)c3cc(Br)ccc32)C1. The van der Waals surface area contributed by atoms with Gasteiger partial charge < -0.3 is 19.7 Å². The van der Waals surface area contributed by atoms with Crippen LogP contribution in [0.4, 0.5) is 18.9 Å². The Morgan fingerprint density at radius 2 is 1.88 bits per heavy atom. The number of halogens is 5. The average molecular weight is 654 g/mol. The molecule has 2 heterocycles. The number of ketones is 1. The smallest absolute Gasteiger partial charge is 0.339 e. The molecule has 4 rings (SSSR count). The minimum absolute atomic E-state index is 0.0135. The Morgan fingerprint density at radius 3 is 2.54 bits per heavy atom. The summed E-state index contributed by atoms with van der Waals surface area (Å²) in [6, 6.07) is 8.27. The molecular weight excluding hydrogens is 629 g/mol. The number of nitrogens with zero attached hydrogens (tertiary/aromatic N) is 3. The molecule has 0 bridgehead atoms. The molecule has 41 heavy (non-hydrogen) atoms. The van der Waals surface area contributed by atoms with Gasteiger partial charge in [-0.3, -0.25) is 19.2 Å². The number of aromatic nitrogens is 1. The lowest BCUT2D eigenvalue weighted by Crippen LogP contribution is -2.50. The highest BCUT2D eigenvalue weighted by molar-refractivity contribution is 9.10. The van der Waals surface area contributed by atoms with Crippen LogP contribution in [-0.4, -0.2) is 64.6 Å². The molecule has 216 valence electrons. The van der Waals surface area contributed by atoms with Gasteiger partial charge in [0.1, 0.15) is 0 Å². The van der Waals surface area contributed by atoms with Crippen molar-refractivity contribution in [2.75, 3.05) is 32.0 Å². The van der Waals surface area contributed by atoms with Gasteiger partial charge in [-0.1, -0.05) is 34.1 Å². The third kappa shape index (κ3) is 6.99. The van der Waals surface area contributed by atoms with E-state index in [4.69, 9.17) is 11.6 Å². The van der Waals surface area contributed by atoms with Crippen LogP contribution in [0, 0.1) is 5.92 Å². The first kappa shape index (κ1) is 30.3. The van der Waals surface area contributed by atoms with Crippen molar-refractivity contribution in [1.29, 1.82) is 0 Å². The summed E-state index contributed by atoms with van der Waals surface area (Å²) in [6.45, 7) is 4.00. The van der Waals surface area contributed by atoms with Crippen molar-refractivity contribution in [2.24, 2.45) is 5.92 Å². The molecular formula is C28H25BrClF3N4O4. The number of alkyl halides is 3. The molecule has 0 aliphatic carbocycles. The molecule has 3 aromatic rings. The fourth-order valence-corrected chi connectivity index (χ4v) is 5.25. The molecule has 1 fully saturated rings. The van der Waals surface area contributed by atoms with Crippen molar-refractivity contribution in [2.45, 2.75) is 19.1 Å². The number of rotatable bonds is 9. The van der Waals surface area contributed by atoms with Gasteiger partial charge in [-0.05, 0) is 42.5 Å². The van der Waals surface area contributed by atoms with Crippen molar-refractivity contribution in [3.05, 3.63) is 75.9 Å². The Balaban J connectivity index is 1.45. The Labute approximate surface area is 246 Å². The van der Waals surface area contributed by atoms with Crippen molar-refractivity contribution in [3.8, 4) is 0 Å². The molecule has 1 aromatic heterocycles. The van der Waals surface area contributed by atoms with Crippen molar-refractivity contribution < 1.29 is 32.3 Å². The van der Waals surface area contributed by atoms with E-state index in [0.29, 0.717) is 28.5 Å². The highest BCUT2D eigenvalue weighted by atomic mass is 79.9. The summed E-state index contributed by atoms with van der Waals surface area (Å²) in [5, 5.41) is 2.42. The maximum atomic E-state index is 13.4. The quantitative estimate of drug-likeness (QED) is 0.314. The molecule has 13 heteroatoms. The summed E-state index contributed by atoms with van der Waals surface area (Å²) in [6.07, 6.45) is -1.63. The Hall–Kier alpha value is -3.64. The van der Waals surface area contributed by atoms with E-state index in [2.05, 4.69) is 27.8 Å². The van der Waals surface area contributed by atoms with Gasteiger partial charge in [0.25, 0.3) is 5.91 Å². The van der Waals surface area contributed by atoms with Gasteiger partial charge in [0.2, 0.25) is 11.8 Å². The number of likely N-dealkylation sites (tertiary alicyclic amines) is 1. The number of carbonyl (C=O) groups excluding carboxylic acids is 4. The molecule has 1 saturated heterocycles. The zero-order valence-corrected chi connectivity index (χ0v) is 24.1. The molecule has 1 aliphatic rings. The third-order valence-corrected chi connectivity index (χ3v) is 7.49. The van der Waals surface area contributed by atoms with Gasteiger partial charge in [0.15, 0.2) is 5.78 Å². The van der Waals surface area contributed by atoms with Gasteiger partial charge in [-0.25, -0.2) is 0 Å². The van der Waals surface area contributed by atoms with Gasteiger partial charge >= 0.3 is 6.18 Å². The summed E-state index contributed by atoms with van der Waals surface area (Å²) in [5.74, 6) is -1.40. The standard InChI is InChI=1S/C28H25BrClF3N4O4/c1-3-26(40)37-11-16(12-37)8-19(38)13-36-14-21(20-9-17(29)4-7-24(20)36)27(41)35(2)15-25(39)34-18-5-6-23(30)22(10-18)28(31,32)33/h3-7,9-10,14,16H,1,8,11-13,15H2,2H3,(H,34,39). The van der Waals surface area contributed by atoms with Crippen molar-refractivity contribution >= 4 is 67.6 Å². The van der Waals surface area contributed by atoms with Crippen LogP contribution in [0.1, 0.15) is 22.3 Å². The predicted octanol–water partition coefficient (Wildman–Crippen LogP) is 5.39. The van der Waals surface area contributed by atoms with E-state index in [0.717, 1.165) is 17.0 Å². The Kier molecular flexibility index (Phi) is 8.93. The first-order valence-electron chi connectivity index (χ1n) is 12.4. The number of fused-ring (bicyclic) bond motifs is 1. The van der Waals surface area contributed by atoms with Gasteiger partial charge in [-0.15, -0.1) is 0 Å². The largest absolute Gasteiger partial charge is 0.417 e. The lowest BCUT2D eigenvalue weighted by Gasteiger charge is -2.38. The number of hydrogen-bond donors (Lipinski definition) is 1. The minimum atomic E-state index is -4.70. The van der Waals surface area contributed by atoms with Crippen LogP contribution in [-0.2, 0) is 27.1 Å². The number of anilines is 1. The second-order valence-electron chi connectivity index (χ2n) is 9.79. The Morgan fingerprint density at radius 1 is 1.17 bits per heavy atom. The number of carbonyl (C=O) groups is 4. The predicted molar refractivity (Wildman–Crippen MR) is 152 cm³/mol. The molecule has 0 saturated carbocycles. The molecule has 2 aromatic carbocycles. The maximum absolute atomic E-state index is 13.4. The number of nitrogens with one attached hydrogen (secondary N) is 1. The highest BCUT2D eigenvalue weighted by Gasteiger charge is 2.34. The number of benzene rings is 2. The summed E-state index contributed by atoms with van der Waals surface area (Å²) in [7, 11) is 1.39. The van der Waals surface area contributed by atoms with E-state index in [1.165, 1.54) is 19.2 Å². The van der Waals surface area contributed by atoms with Gasteiger partial charge in [0.05, 0.1) is 29.2 Å². The number of amides is 3. The minimum Gasteiger partial charge on any atom is -0.339 e. The van der Waals surface area contributed by atoms with E-state index >= 15 is 0 Å². The molecule has 1 aliphatic heterocycles. The van der Waals surface area contributed by atoms with Crippen LogP contribution < -0.4 is 5.32 Å². The molecule has 0 unspecified atom stereocenters. The van der Waals surface area contributed by atoms with E-state index in [-0.39, 0.29) is 41.8 Å². The van der Waals surface area contributed by atoms with Crippen LogP contribution in [0.3, 0.4) is 0 Å². The fourth-order valence-electron chi connectivity index (χ4n) is 4.67. The number of likely N-dealkylation sites (N-methyl/N-ethyl adjacent to an activating group) is 1. The summed E-state index contributed by atoms with van der Waals surface area (Å²) >= 11 is 9.03. The zero-order chi connectivity index (χ0) is 30.1. The Bertz CT molecular complexity index is 1550. The molecule has 0 spiro atoms. The van der Waals surface area contributed by atoms with Crippen molar-refractivity contribution in [1.82, 2.24) is 14.4 Å². The second-order valence-corrected chi connectivity index (χ2v) is 11.1. The normalized spacial score (nSPS) is 13.6. The zero-order valence-electron chi connectivity index (χ0n) is 21.8. The molecule has 8 nitrogen and oxygen atoms in total.